The summed E-state index contributed by atoms with van der Waals surface area (Å²) < 4.78 is 4.72. The largest absolute Gasteiger partial charge is 0.474 e. The van der Waals surface area contributed by atoms with Crippen LogP contribution in [0.4, 0.5) is 0 Å². The summed E-state index contributed by atoms with van der Waals surface area (Å²) in [7, 11) is 1.57. The van der Waals surface area contributed by atoms with Crippen LogP contribution in [0.3, 0.4) is 0 Å². The highest BCUT2D eigenvalue weighted by Gasteiger charge is 1.88. The van der Waals surface area contributed by atoms with E-state index in [1.165, 1.54) is 6.42 Å². The fourth-order valence-corrected chi connectivity index (χ4v) is 0.541. The van der Waals surface area contributed by atoms with E-state index in [0.29, 0.717) is 5.17 Å². The summed E-state index contributed by atoms with van der Waals surface area (Å²) in [6, 6.07) is 0. The molecular weight excluding hydrogens is 134 g/mol. The third-order valence-electron chi connectivity index (χ3n) is 0.985. The van der Waals surface area contributed by atoms with E-state index in [4.69, 9.17) is 17.0 Å². The van der Waals surface area contributed by atoms with Crippen LogP contribution in [-0.2, 0) is 4.74 Å². The molecule has 0 spiro atoms. The smallest absolute Gasteiger partial charge is 0.256 e. The van der Waals surface area contributed by atoms with Crippen molar-refractivity contribution in [2.24, 2.45) is 0 Å². The lowest BCUT2D eigenvalue weighted by molar-refractivity contribution is 0.392. The molecule has 1 N–H and O–H groups in total. The highest BCUT2D eigenvalue weighted by molar-refractivity contribution is 7.80. The topological polar surface area (TPSA) is 21.3 Å². The molecule has 0 unspecified atom stereocenters. The number of rotatable bonds is 3. The molecule has 3 heteroatoms. The normalized spacial score (nSPS) is 8.67. The monoisotopic (exact) mass is 147 g/mol. The molecule has 2 nitrogen and oxygen atoms in total. The summed E-state index contributed by atoms with van der Waals surface area (Å²) in [6.07, 6.45) is 2.32. The molecule has 0 aromatic rings. The minimum absolute atomic E-state index is 0.489. The van der Waals surface area contributed by atoms with Crippen molar-refractivity contribution in [3.63, 3.8) is 0 Å². The second kappa shape index (κ2) is 5.82. The van der Waals surface area contributed by atoms with E-state index in [0.717, 1.165) is 13.0 Å². The Kier molecular flexibility index (Phi) is 5.62. The first kappa shape index (κ1) is 8.69. The molecule has 0 fully saturated rings. The van der Waals surface area contributed by atoms with Crippen LogP contribution >= 0.6 is 12.2 Å². The number of methoxy groups -OCH3 is 1. The van der Waals surface area contributed by atoms with Gasteiger partial charge in [0, 0.05) is 6.54 Å². The molecule has 0 bridgehead atoms. The van der Waals surface area contributed by atoms with Crippen molar-refractivity contribution in [3.05, 3.63) is 0 Å². The molecule has 0 saturated carbocycles. The lowest BCUT2D eigenvalue weighted by Crippen LogP contribution is -2.23. The van der Waals surface area contributed by atoms with Crippen molar-refractivity contribution >= 4 is 17.4 Å². The Balaban J connectivity index is 2.97. The average Bonchev–Trinajstić information content (AvgIpc) is 1.89. The summed E-state index contributed by atoms with van der Waals surface area (Å²) in [5.41, 5.74) is 0. The molecular formula is C6H13NOS. The molecule has 0 aliphatic rings. The first-order chi connectivity index (χ1) is 4.31. The average molecular weight is 147 g/mol. The first-order valence-corrected chi connectivity index (χ1v) is 3.54. The summed E-state index contributed by atoms with van der Waals surface area (Å²) in [5.74, 6) is 0. The SMILES string of the molecule is CCCCNC(=S)OC. The molecule has 0 radical (unpaired) electrons. The summed E-state index contributed by atoms with van der Waals surface area (Å²) in [4.78, 5) is 0. The Hall–Kier alpha value is -0.310. The van der Waals surface area contributed by atoms with E-state index in [2.05, 4.69) is 12.2 Å². The molecule has 0 rings (SSSR count). The first-order valence-electron chi connectivity index (χ1n) is 3.13. The number of ether oxygens (including phenoxy) is 1. The Morgan fingerprint density at radius 1 is 1.67 bits per heavy atom. The summed E-state index contributed by atoms with van der Waals surface area (Å²) >= 11 is 4.74. The van der Waals surface area contributed by atoms with E-state index in [1.807, 2.05) is 0 Å². The van der Waals surface area contributed by atoms with Crippen molar-refractivity contribution in [3.8, 4) is 0 Å². The van der Waals surface area contributed by atoms with Crippen LogP contribution in [0.5, 0.6) is 0 Å². The van der Waals surface area contributed by atoms with Gasteiger partial charge in [0.15, 0.2) is 0 Å². The molecule has 0 atom stereocenters. The number of thiocarbonyl (C=S) groups is 1. The van der Waals surface area contributed by atoms with Crippen LogP contribution < -0.4 is 5.32 Å². The van der Waals surface area contributed by atoms with Crippen LogP contribution in [0.15, 0.2) is 0 Å². The third-order valence-corrected chi connectivity index (χ3v) is 1.30. The molecule has 54 valence electrons. The zero-order valence-corrected chi connectivity index (χ0v) is 6.75. The van der Waals surface area contributed by atoms with Crippen molar-refractivity contribution in [2.75, 3.05) is 13.7 Å². The molecule has 0 heterocycles. The maximum absolute atomic E-state index is 4.74. The molecule has 9 heavy (non-hydrogen) atoms. The van der Waals surface area contributed by atoms with Gasteiger partial charge < -0.3 is 10.1 Å². The van der Waals surface area contributed by atoms with Crippen LogP contribution in [0.25, 0.3) is 0 Å². The maximum atomic E-state index is 4.74. The van der Waals surface area contributed by atoms with E-state index in [1.54, 1.807) is 7.11 Å². The second-order valence-electron chi connectivity index (χ2n) is 1.77. The Labute approximate surface area is 61.6 Å². The Bertz CT molecular complexity index is 85.1. The van der Waals surface area contributed by atoms with E-state index >= 15 is 0 Å². The van der Waals surface area contributed by atoms with Crippen LogP contribution in [0.2, 0.25) is 0 Å². The van der Waals surface area contributed by atoms with Gasteiger partial charge in [-0.05, 0) is 18.6 Å². The minimum Gasteiger partial charge on any atom is -0.474 e. The van der Waals surface area contributed by atoms with Crippen LogP contribution in [0.1, 0.15) is 19.8 Å². The predicted octanol–water partition coefficient (Wildman–Crippen LogP) is 1.31. The second-order valence-corrected chi connectivity index (χ2v) is 2.14. The van der Waals surface area contributed by atoms with Gasteiger partial charge in [0.1, 0.15) is 0 Å². The highest BCUT2D eigenvalue weighted by Crippen LogP contribution is 1.82. The fraction of sp³-hybridized carbons (Fsp3) is 0.833. The zero-order valence-electron chi connectivity index (χ0n) is 5.94. The van der Waals surface area contributed by atoms with E-state index < -0.39 is 0 Å². The minimum atomic E-state index is 0.489. The van der Waals surface area contributed by atoms with E-state index in [-0.39, 0.29) is 0 Å². The Morgan fingerprint density at radius 3 is 2.78 bits per heavy atom. The zero-order chi connectivity index (χ0) is 7.11. The lowest BCUT2D eigenvalue weighted by Gasteiger charge is -2.03. The summed E-state index contributed by atoms with van der Waals surface area (Å²) in [5, 5.41) is 3.43. The van der Waals surface area contributed by atoms with Crippen LogP contribution in [-0.4, -0.2) is 18.8 Å². The molecule has 0 aliphatic carbocycles. The number of nitrogens with one attached hydrogen (secondary N) is 1. The molecule has 0 aliphatic heterocycles. The number of hydrogen-bond acceptors (Lipinski definition) is 2. The van der Waals surface area contributed by atoms with Crippen molar-refractivity contribution in [1.82, 2.24) is 5.32 Å². The van der Waals surface area contributed by atoms with E-state index in [9.17, 15) is 0 Å². The number of unbranched alkanes of at least 4 members (excludes halogenated alkanes) is 1. The van der Waals surface area contributed by atoms with Gasteiger partial charge in [0.05, 0.1) is 7.11 Å². The molecule has 0 aromatic heterocycles. The van der Waals surface area contributed by atoms with Gasteiger partial charge in [-0.15, -0.1) is 0 Å². The maximum Gasteiger partial charge on any atom is 0.256 e. The van der Waals surface area contributed by atoms with Gasteiger partial charge in [-0.25, -0.2) is 0 Å². The molecule has 0 saturated heterocycles. The van der Waals surface area contributed by atoms with Crippen LogP contribution in [0, 0.1) is 0 Å². The highest BCUT2D eigenvalue weighted by atomic mass is 32.1. The van der Waals surface area contributed by atoms with Gasteiger partial charge in [-0.1, -0.05) is 13.3 Å². The van der Waals surface area contributed by atoms with Gasteiger partial charge in [0.2, 0.25) is 0 Å². The van der Waals surface area contributed by atoms with Gasteiger partial charge >= 0.3 is 0 Å². The van der Waals surface area contributed by atoms with Gasteiger partial charge in [-0.2, -0.15) is 0 Å². The lowest BCUT2D eigenvalue weighted by atomic mass is 10.3. The van der Waals surface area contributed by atoms with Gasteiger partial charge in [-0.3, -0.25) is 0 Å². The Morgan fingerprint density at radius 2 is 2.33 bits per heavy atom. The fourth-order valence-electron chi connectivity index (χ4n) is 0.439. The van der Waals surface area contributed by atoms with Crippen molar-refractivity contribution < 1.29 is 4.74 Å². The number of hydrogen-bond donors (Lipinski definition) is 1. The molecule has 0 aromatic carbocycles. The van der Waals surface area contributed by atoms with Gasteiger partial charge in [0.25, 0.3) is 5.17 Å². The van der Waals surface area contributed by atoms with Crippen molar-refractivity contribution in [1.29, 1.82) is 0 Å². The van der Waals surface area contributed by atoms with Crippen molar-refractivity contribution in [2.45, 2.75) is 19.8 Å². The molecule has 0 amide bonds. The quantitative estimate of drug-likeness (QED) is 0.480. The standard InChI is InChI=1S/C6H13NOS/c1-3-4-5-7-6(9)8-2/h3-5H2,1-2H3,(H,7,9). The summed E-state index contributed by atoms with van der Waals surface area (Å²) in [6.45, 7) is 3.06. The third kappa shape index (κ3) is 5.56. The predicted molar refractivity (Wildman–Crippen MR) is 42.5 cm³/mol.